The van der Waals surface area contributed by atoms with Crippen molar-refractivity contribution >= 4 is 58.6 Å². The molecule has 6 amide bonds. The Bertz CT molecular complexity index is 2500. The number of alkyl halides is 6. The fraction of sp³-hybridized carbons (Fsp3) is 0.542. The Kier molecular flexibility index (Phi) is 20.4. The van der Waals surface area contributed by atoms with E-state index >= 15 is 0 Å². The van der Waals surface area contributed by atoms with Crippen LogP contribution in [-0.4, -0.2) is 100 Å². The van der Waals surface area contributed by atoms with Crippen molar-refractivity contribution in [2.75, 3.05) is 47.1 Å². The molecule has 0 aliphatic carbocycles. The largest absolute Gasteiger partial charge is 0.486 e. The third kappa shape index (κ3) is 17.9. The van der Waals surface area contributed by atoms with Gasteiger partial charge < -0.3 is 51.7 Å². The van der Waals surface area contributed by atoms with Gasteiger partial charge in [-0.2, -0.15) is 26.3 Å². The van der Waals surface area contributed by atoms with Crippen LogP contribution in [0, 0.1) is 0 Å². The summed E-state index contributed by atoms with van der Waals surface area (Å²) in [5.41, 5.74) is 2.95. The van der Waals surface area contributed by atoms with Crippen LogP contribution in [0.4, 0.5) is 58.7 Å². The summed E-state index contributed by atoms with van der Waals surface area (Å²) < 4.78 is 111. The second-order valence-electron chi connectivity index (χ2n) is 19.2. The highest BCUT2D eigenvalue weighted by molar-refractivity contribution is 6.09. The monoisotopic (exact) mass is 1050 g/mol. The van der Waals surface area contributed by atoms with Gasteiger partial charge in [-0.25, -0.2) is 29.6 Å². The lowest BCUT2D eigenvalue weighted by molar-refractivity contribution is -0.138. The van der Waals surface area contributed by atoms with Crippen molar-refractivity contribution in [3.8, 4) is 11.5 Å². The molecule has 0 spiro atoms. The Labute approximate surface area is 423 Å². The fourth-order valence-electron chi connectivity index (χ4n) is 6.91. The second-order valence-corrected chi connectivity index (χ2v) is 19.2. The van der Waals surface area contributed by atoms with Crippen LogP contribution < -0.4 is 47.2 Å². The Morgan fingerprint density at radius 2 is 1.27 bits per heavy atom. The molecule has 20 nitrogen and oxygen atoms in total. The topological polar surface area (TPSA) is 272 Å². The van der Waals surface area contributed by atoms with Gasteiger partial charge >= 0.3 is 24.5 Å². The van der Waals surface area contributed by atoms with E-state index < -0.39 is 128 Å². The van der Waals surface area contributed by atoms with E-state index in [1.54, 1.807) is 48.5 Å². The van der Waals surface area contributed by atoms with Gasteiger partial charge in [0.1, 0.15) is 34.6 Å². The first kappa shape index (κ1) is 59.6. The van der Waals surface area contributed by atoms with Gasteiger partial charge in [0.15, 0.2) is 11.5 Å². The summed E-state index contributed by atoms with van der Waals surface area (Å²) in [5, 5.41) is 11.1. The molecule has 0 radical (unpaired) electrons. The van der Waals surface area contributed by atoms with Crippen LogP contribution in [0.2, 0.25) is 0 Å². The minimum Gasteiger partial charge on any atom is -0.486 e. The van der Waals surface area contributed by atoms with Crippen molar-refractivity contribution in [2.24, 2.45) is 11.5 Å². The zero-order chi connectivity index (χ0) is 55.3. The molecule has 0 saturated carbocycles. The number of alkyl carbamates (subject to hydrolysis) is 1. The number of unbranched alkanes of at least 4 members (excludes halogenated alkanes) is 2. The minimum absolute atomic E-state index is 0.0234. The van der Waals surface area contributed by atoms with Crippen LogP contribution in [0.3, 0.4) is 0 Å². The van der Waals surface area contributed by atoms with Crippen LogP contribution in [0.1, 0.15) is 139 Å². The molecule has 3 aromatic rings. The maximum Gasteiger partial charge on any atom is 0.429 e. The van der Waals surface area contributed by atoms with Gasteiger partial charge in [-0.1, -0.05) is 0 Å². The van der Waals surface area contributed by atoms with Crippen molar-refractivity contribution in [1.82, 2.24) is 20.3 Å². The molecular weight excluding hydrogens is 991 g/mol. The van der Waals surface area contributed by atoms with Crippen molar-refractivity contribution in [3.05, 3.63) is 59.2 Å². The summed E-state index contributed by atoms with van der Waals surface area (Å²) in [4.78, 5) is 88.8. The predicted molar refractivity (Wildman–Crippen MR) is 259 cm³/mol. The van der Waals surface area contributed by atoms with Gasteiger partial charge in [0.2, 0.25) is 11.8 Å². The number of benzene rings is 2. The van der Waals surface area contributed by atoms with Gasteiger partial charge in [-0.05, 0) is 118 Å². The molecular formula is C48H64F6N10O10. The number of nitrogens with one attached hydrogen (secondary N) is 4. The summed E-state index contributed by atoms with van der Waals surface area (Å²) in [7, 11) is 0. The molecule has 2 atom stereocenters. The molecule has 4 rings (SSSR count). The molecule has 0 saturated heterocycles. The van der Waals surface area contributed by atoms with Crippen molar-refractivity contribution in [3.63, 3.8) is 0 Å². The van der Waals surface area contributed by atoms with Crippen LogP contribution in [0.15, 0.2) is 36.7 Å². The van der Waals surface area contributed by atoms with E-state index in [2.05, 4.69) is 31.2 Å². The molecule has 1 aromatic heterocycles. The number of carbonyl (C=O) groups excluding carboxylic acids is 6. The number of carbonyl (C=O) groups is 6. The minimum atomic E-state index is -5.11. The van der Waals surface area contributed by atoms with Gasteiger partial charge in [0.25, 0.3) is 11.8 Å². The number of hydrogen-bond donors (Lipinski definition) is 6. The summed E-state index contributed by atoms with van der Waals surface area (Å²) in [5.74, 6) is -4.91. The van der Waals surface area contributed by atoms with Gasteiger partial charge in [0, 0.05) is 38.3 Å². The molecule has 26 heteroatoms. The smallest absolute Gasteiger partial charge is 0.429 e. The number of rotatable bonds is 18. The van der Waals surface area contributed by atoms with Crippen molar-refractivity contribution < 1.29 is 74.1 Å². The number of anilines is 4. The predicted octanol–water partition coefficient (Wildman–Crippen LogP) is 8.55. The highest BCUT2D eigenvalue weighted by Crippen LogP contribution is 2.46. The number of hydrazine groups is 1. The third-order valence-corrected chi connectivity index (χ3v) is 10.3. The number of amides is 6. The second kappa shape index (κ2) is 25.3. The summed E-state index contributed by atoms with van der Waals surface area (Å²) >= 11 is 0. The Morgan fingerprint density at radius 1 is 0.743 bits per heavy atom. The number of hydrogen-bond acceptors (Lipinski definition) is 14. The van der Waals surface area contributed by atoms with E-state index in [0.717, 1.165) is 22.4 Å². The van der Waals surface area contributed by atoms with Crippen molar-refractivity contribution in [1.29, 1.82) is 0 Å². The molecule has 2 aromatic carbocycles. The third-order valence-electron chi connectivity index (χ3n) is 10.3. The van der Waals surface area contributed by atoms with Gasteiger partial charge in [0.05, 0.1) is 46.9 Å². The molecule has 1 aliphatic rings. The highest BCUT2D eigenvalue weighted by atomic mass is 19.4. The first-order chi connectivity index (χ1) is 34.4. The van der Waals surface area contributed by atoms with E-state index in [-0.39, 0.29) is 58.3 Å². The highest BCUT2D eigenvalue weighted by Gasteiger charge is 2.40. The molecule has 74 heavy (non-hydrogen) atoms. The summed E-state index contributed by atoms with van der Waals surface area (Å²) in [6.45, 7) is 12.8. The molecule has 0 fully saturated rings. The van der Waals surface area contributed by atoms with Gasteiger partial charge in [-0.15, -0.1) is 0 Å². The standard InChI is InChI=1S/C48H64F6N10O10/c1-27(15-19-57-43(69)73-45(3,4)5)71-39-31(60-37(65)13-9-11-17-55)21-29(47(49,50)51)22-32(39)61-41(67)34-25-35(59-26-58-34)42(68)62-33-23-30(48(52,53)54)24-36-40(33)72-28(2)16-20-63(44(70)74-46(6,7)8)64(36)38(66)14-10-12-18-56/h21-28H,9-20,55-56H2,1-8H3,(H,57,69)(H,60,65)(H,61,67)(H,62,68)/t27-,28-/m0/s1. The zero-order valence-corrected chi connectivity index (χ0v) is 42.4. The average molecular weight is 1060 g/mol. The number of ether oxygens (including phenoxy) is 4. The van der Waals surface area contributed by atoms with E-state index in [1.165, 1.54) is 6.92 Å². The quantitative estimate of drug-likeness (QED) is 0.0515. The van der Waals surface area contributed by atoms with Crippen LogP contribution in [0.25, 0.3) is 0 Å². The lowest BCUT2D eigenvalue weighted by Gasteiger charge is -2.39. The van der Waals surface area contributed by atoms with Crippen LogP contribution in [-0.2, 0) is 31.4 Å². The van der Waals surface area contributed by atoms with Gasteiger partial charge in [-0.3, -0.25) is 19.2 Å². The molecule has 0 unspecified atom stereocenters. The number of nitrogens with zero attached hydrogens (tertiary/aromatic N) is 4. The summed E-state index contributed by atoms with van der Waals surface area (Å²) in [6, 6.07) is 3.06. The first-order valence-corrected chi connectivity index (χ1v) is 23.7. The maximum absolute atomic E-state index is 14.7. The molecule has 408 valence electrons. The average Bonchev–Trinajstić information content (AvgIpc) is 3.26. The Hall–Kier alpha value is -6.96. The Balaban J connectivity index is 1.78. The van der Waals surface area contributed by atoms with Crippen LogP contribution in [0.5, 0.6) is 11.5 Å². The van der Waals surface area contributed by atoms with E-state index in [0.29, 0.717) is 43.5 Å². The number of halogens is 6. The Morgan fingerprint density at radius 3 is 1.82 bits per heavy atom. The molecule has 2 heterocycles. The molecule has 1 aliphatic heterocycles. The lowest BCUT2D eigenvalue weighted by atomic mass is 10.1. The molecule has 0 bridgehead atoms. The first-order valence-electron chi connectivity index (χ1n) is 23.7. The fourth-order valence-corrected chi connectivity index (χ4v) is 6.91. The number of fused-ring (bicyclic) bond motifs is 1. The lowest BCUT2D eigenvalue weighted by Crippen LogP contribution is -2.53. The van der Waals surface area contributed by atoms with E-state index in [1.807, 2.05) is 0 Å². The van der Waals surface area contributed by atoms with Crippen molar-refractivity contribution in [2.45, 2.75) is 143 Å². The van der Waals surface area contributed by atoms with Crippen LogP contribution >= 0.6 is 0 Å². The normalized spacial score (nSPS) is 14.6. The maximum atomic E-state index is 14.7. The number of aromatic nitrogens is 2. The molecule has 8 N–H and O–H groups in total. The van der Waals surface area contributed by atoms with E-state index in [4.69, 9.17) is 30.4 Å². The SMILES string of the molecule is C[C@@H](CCNC(=O)OC(C)(C)C)Oc1c(NC(=O)CCCCN)cc(C(F)(F)F)cc1NC(=O)c1cc(C(=O)Nc2cc(C(F)(F)F)cc3c2O[C@@H](C)CCN(C(=O)OC(C)(C)C)N3C(=O)CCCCN)ncn1. The van der Waals surface area contributed by atoms with E-state index in [9.17, 15) is 55.1 Å². The number of nitrogens with two attached hydrogens (primary N) is 2. The zero-order valence-electron chi connectivity index (χ0n) is 42.4. The summed E-state index contributed by atoms with van der Waals surface area (Å²) in [6.07, 6.45) is -12.1.